The molecule has 2 nitrogen and oxygen atoms in total. The van der Waals surface area contributed by atoms with Crippen LogP contribution < -0.4 is 5.32 Å². The average Bonchev–Trinajstić information content (AvgIpc) is 2.46. The fourth-order valence-electron chi connectivity index (χ4n) is 1.95. The molecule has 2 aromatic rings. The van der Waals surface area contributed by atoms with Crippen molar-refractivity contribution >= 4 is 23.9 Å². The Kier molecular flexibility index (Phi) is 4.22. The van der Waals surface area contributed by atoms with Crippen molar-refractivity contribution in [2.75, 3.05) is 12.4 Å². The molecule has 1 aromatic carbocycles. The fourth-order valence-corrected chi connectivity index (χ4v) is 2.24. The van der Waals surface area contributed by atoms with Crippen molar-refractivity contribution in [3.8, 4) is 11.3 Å². The van der Waals surface area contributed by atoms with Crippen molar-refractivity contribution in [1.82, 2.24) is 4.98 Å². The maximum absolute atomic E-state index is 12.6. The molecule has 0 aliphatic rings. The summed E-state index contributed by atoms with van der Waals surface area (Å²) in [6, 6.07) is 7.42. The monoisotopic (exact) mass is 274 g/mol. The molecule has 0 amide bonds. The van der Waals surface area contributed by atoms with Gasteiger partial charge in [0.2, 0.25) is 0 Å². The number of aromatic nitrogens is 1. The first kappa shape index (κ1) is 13.6. The van der Waals surface area contributed by atoms with E-state index in [0.29, 0.717) is 4.90 Å². The SMILES string of the molecule is C=Cc1cc(SF)ccc1-c1ncc(C)cc1NC. The van der Waals surface area contributed by atoms with Crippen LogP contribution in [0.25, 0.3) is 17.3 Å². The Morgan fingerprint density at radius 1 is 1.37 bits per heavy atom. The third kappa shape index (κ3) is 2.79. The molecule has 19 heavy (non-hydrogen) atoms. The molecule has 0 spiro atoms. The normalized spacial score (nSPS) is 10.3. The van der Waals surface area contributed by atoms with Crippen LogP contribution in [-0.2, 0) is 0 Å². The maximum Gasteiger partial charge on any atom is 0.0939 e. The van der Waals surface area contributed by atoms with Gasteiger partial charge in [0.15, 0.2) is 0 Å². The van der Waals surface area contributed by atoms with Crippen LogP contribution >= 0.6 is 12.1 Å². The Morgan fingerprint density at radius 3 is 2.79 bits per heavy atom. The molecule has 98 valence electrons. The number of pyridine rings is 1. The van der Waals surface area contributed by atoms with Crippen molar-refractivity contribution in [1.29, 1.82) is 0 Å². The van der Waals surface area contributed by atoms with E-state index in [1.807, 2.05) is 32.3 Å². The smallest absolute Gasteiger partial charge is 0.0939 e. The average molecular weight is 274 g/mol. The lowest BCUT2D eigenvalue weighted by molar-refractivity contribution is 0.934. The summed E-state index contributed by atoms with van der Waals surface area (Å²) in [7, 11) is 1.86. The van der Waals surface area contributed by atoms with Gasteiger partial charge in [0.25, 0.3) is 0 Å². The van der Waals surface area contributed by atoms with E-state index in [2.05, 4.69) is 16.9 Å². The van der Waals surface area contributed by atoms with E-state index in [0.717, 1.165) is 28.1 Å². The van der Waals surface area contributed by atoms with Gasteiger partial charge in [0.1, 0.15) is 0 Å². The van der Waals surface area contributed by atoms with Crippen molar-refractivity contribution < 1.29 is 3.89 Å². The summed E-state index contributed by atoms with van der Waals surface area (Å²) >= 11 is 0.231. The van der Waals surface area contributed by atoms with Gasteiger partial charge in [-0.3, -0.25) is 4.98 Å². The number of benzene rings is 1. The van der Waals surface area contributed by atoms with Gasteiger partial charge < -0.3 is 5.32 Å². The van der Waals surface area contributed by atoms with Crippen molar-refractivity contribution in [2.45, 2.75) is 11.8 Å². The van der Waals surface area contributed by atoms with E-state index in [-0.39, 0.29) is 12.1 Å². The van der Waals surface area contributed by atoms with Crippen LogP contribution in [0.3, 0.4) is 0 Å². The molecular formula is C15H15FN2S. The summed E-state index contributed by atoms with van der Waals surface area (Å²) < 4.78 is 12.6. The molecule has 0 unspecified atom stereocenters. The quantitative estimate of drug-likeness (QED) is 0.873. The van der Waals surface area contributed by atoms with Crippen LogP contribution in [0.5, 0.6) is 0 Å². The lowest BCUT2D eigenvalue weighted by Gasteiger charge is -2.12. The predicted molar refractivity (Wildman–Crippen MR) is 81.0 cm³/mol. The summed E-state index contributed by atoms with van der Waals surface area (Å²) in [5.41, 5.74) is 4.69. The minimum absolute atomic E-state index is 0.231. The molecule has 0 atom stereocenters. The van der Waals surface area contributed by atoms with E-state index in [1.54, 1.807) is 18.2 Å². The topological polar surface area (TPSA) is 24.9 Å². The Balaban J connectivity index is 2.61. The molecule has 1 aromatic heterocycles. The minimum atomic E-state index is 0.231. The number of rotatable bonds is 4. The number of anilines is 1. The van der Waals surface area contributed by atoms with Gasteiger partial charge in [-0.25, -0.2) is 0 Å². The van der Waals surface area contributed by atoms with E-state index in [4.69, 9.17) is 0 Å². The van der Waals surface area contributed by atoms with Gasteiger partial charge in [0.05, 0.1) is 23.5 Å². The number of nitrogens with zero attached hydrogens (tertiary/aromatic N) is 1. The van der Waals surface area contributed by atoms with Crippen LogP contribution in [0.2, 0.25) is 0 Å². The third-order valence-corrected chi connectivity index (χ3v) is 3.31. The molecule has 0 fully saturated rings. The standard InChI is InChI=1S/C15H15FN2S/c1-4-11-8-12(19-16)5-6-13(11)15-14(17-3)7-10(2)9-18-15/h4-9,17H,1H2,2-3H3. The molecule has 2 rings (SSSR count). The molecule has 4 heteroatoms. The predicted octanol–water partition coefficient (Wildman–Crippen LogP) is 4.72. The van der Waals surface area contributed by atoms with Crippen molar-refractivity contribution in [3.63, 3.8) is 0 Å². The highest BCUT2D eigenvalue weighted by Gasteiger charge is 2.10. The first-order valence-electron chi connectivity index (χ1n) is 5.89. The third-order valence-electron chi connectivity index (χ3n) is 2.88. The molecule has 0 aliphatic heterocycles. The molecule has 0 saturated carbocycles. The zero-order valence-corrected chi connectivity index (χ0v) is 11.7. The van der Waals surface area contributed by atoms with Crippen molar-refractivity contribution in [3.05, 3.63) is 48.2 Å². The van der Waals surface area contributed by atoms with Crippen LogP contribution in [0.1, 0.15) is 11.1 Å². The Morgan fingerprint density at radius 2 is 2.16 bits per heavy atom. The second-order valence-electron chi connectivity index (χ2n) is 4.19. The van der Waals surface area contributed by atoms with E-state index >= 15 is 0 Å². The van der Waals surface area contributed by atoms with Gasteiger partial charge in [-0.05, 0) is 36.2 Å². The van der Waals surface area contributed by atoms with E-state index in [1.165, 1.54) is 0 Å². The maximum atomic E-state index is 12.6. The first-order valence-corrected chi connectivity index (χ1v) is 6.61. The molecular weight excluding hydrogens is 259 g/mol. The molecule has 0 saturated heterocycles. The van der Waals surface area contributed by atoms with Crippen LogP contribution in [0.4, 0.5) is 9.57 Å². The highest BCUT2D eigenvalue weighted by molar-refractivity contribution is 7.94. The number of nitrogens with one attached hydrogen (secondary N) is 1. The Labute approximate surface area is 117 Å². The highest BCUT2D eigenvalue weighted by atomic mass is 32.2. The zero-order chi connectivity index (χ0) is 13.8. The van der Waals surface area contributed by atoms with Gasteiger partial charge in [0, 0.05) is 23.7 Å². The Hall–Kier alpha value is -1.81. The van der Waals surface area contributed by atoms with Crippen LogP contribution in [-0.4, -0.2) is 12.0 Å². The Bertz CT molecular complexity index is 611. The minimum Gasteiger partial charge on any atom is -0.386 e. The molecule has 1 N–H and O–H groups in total. The summed E-state index contributed by atoms with van der Waals surface area (Å²) in [5, 5.41) is 3.14. The number of hydrogen-bond donors (Lipinski definition) is 1. The van der Waals surface area contributed by atoms with Gasteiger partial charge in [-0.1, -0.05) is 18.7 Å². The molecule has 0 aliphatic carbocycles. The van der Waals surface area contributed by atoms with Crippen LogP contribution in [0.15, 0.2) is 41.9 Å². The molecule has 0 bridgehead atoms. The van der Waals surface area contributed by atoms with E-state index in [9.17, 15) is 3.89 Å². The number of halogens is 1. The van der Waals surface area contributed by atoms with E-state index < -0.39 is 0 Å². The van der Waals surface area contributed by atoms with Crippen LogP contribution in [0, 0.1) is 6.92 Å². The van der Waals surface area contributed by atoms with Gasteiger partial charge in [-0.2, -0.15) is 3.89 Å². The second-order valence-corrected chi connectivity index (χ2v) is 4.81. The lowest BCUT2D eigenvalue weighted by Crippen LogP contribution is -1.97. The molecule has 0 radical (unpaired) electrons. The summed E-state index contributed by atoms with van der Waals surface area (Å²) in [6.07, 6.45) is 3.54. The number of aryl methyl sites for hydroxylation is 1. The fraction of sp³-hybridized carbons (Fsp3) is 0.133. The molecule has 1 heterocycles. The summed E-state index contributed by atoms with van der Waals surface area (Å²) in [5.74, 6) is 0. The number of hydrogen-bond acceptors (Lipinski definition) is 3. The van der Waals surface area contributed by atoms with Gasteiger partial charge >= 0.3 is 0 Å². The van der Waals surface area contributed by atoms with Gasteiger partial charge in [-0.15, -0.1) is 0 Å². The lowest BCUT2D eigenvalue weighted by atomic mass is 10.0. The largest absolute Gasteiger partial charge is 0.386 e. The second kappa shape index (κ2) is 5.89. The highest BCUT2D eigenvalue weighted by Crippen LogP contribution is 2.32. The summed E-state index contributed by atoms with van der Waals surface area (Å²) in [4.78, 5) is 5.04. The van der Waals surface area contributed by atoms with Crippen molar-refractivity contribution in [2.24, 2.45) is 0 Å². The first-order chi connectivity index (χ1) is 9.19. The zero-order valence-electron chi connectivity index (χ0n) is 10.9. The summed E-state index contributed by atoms with van der Waals surface area (Å²) in [6.45, 7) is 5.78.